The second-order valence-corrected chi connectivity index (χ2v) is 5.19. The van der Waals surface area contributed by atoms with Crippen LogP contribution in [0.25, 0.3) is 11.5 Å². The molecule has 2 aromatic rings. The lowest BCUT2D eigenvalue weighted by Crippen LogP contribution is -2.34. The average Bonchev–Trinajstić information content (AvgIpc) is 3.17. The summed E-state index contributed by atoms with van der Waals surface area (Å²) < 4.78 is 42.2. The van der Waals surface area contributed by atoms with Crippen molar-refractivity contribution in [2.24, 2.45) is 0 Å². The number of β-amino-alcohol motifs (C(OH)–C–C–N with tert-alkyl or cyclic N) is 1. The molecule has 0 unspecified atom stereocenters. The van der Waals surface area contributed by atoms with Gasteiger partial charge in [0, 0.05) is 17.3 Å². The Morgan fingerprint density at radius 2 is 2.00 bits per heavy atom. The third kappa shape index (κ3) is 3.42. The van der Waals surface area contributed by atoms with E-state index in [-0.39, 0.29) is 30.3 Å². The Morgan fingerprint density at radius 3 is 2.65 bits per heavy atom. The van der Waals surface area contributed by atoms with Gasteiger partial charge in [-0.2, -0.15) is 13.2 Å². The molecule has 136 valence electrons. The number of hydrogen-bond donors (Lipinski definition) is 2. The Bertz CT molecular complexity index is 891. The Labute approximate surface area is 143 Å². The molecule has 3 rings (SSSR count). The molecule has 0 saturated carbocycles. The van der Waals surface area contributed by atoms with Gasteiger partial charge in [-0.05, 0) is 18.2 Å². The molecule has 1 aromatic carbocycles. The van der Waals surface area contributed by atoms with E-state index in [2.05, 4.69) is 19.9 Å². The largest absolute Gasteiger partial charge is 0.470 e. The smallest absolute Gasteiger partial charge is 0.413 e. The molecule has 11 heteroatoms. The summed E-state index contributed by atoms with van der Waals surface area (Å²) in [4.78, 5) is 24.6. The van der Waals surface area contributed by atoms with Crippen LogP contribution in [0, 0.1) is 0 Å². The molecule has 0 radical (unpaired) electrons. The van der Waals surface area contributed by atoms with Gasteiger partial charge in [-0.25, -0.2) is 0 Å². The number of aromatic nitrogens is 2. The van der Waals surface area contributed by atoms with Crippen molar-refractivity contribution >= 4 is 17.5 Å². The standard InChI is InChI=1S/C15H11F3N4O4/c16-15(17,18)14-21-20-12(26-14)8-2-1-3-9(6-8)19-10-7-11(24)22(4-5-23)13(10)25/h1-3,6-7,19,23H,4-5H2. The molecule has 1 aromatic heterocycles. The number of carbonyl (C=O) groups is 2. The van der Waals surface area contributed by atoms with E-state index < -0.39 is 23.9 Å². The molecule has 0 atom stereocenters. The van der Waals surface area contributed by atoms with Crippen LogP contribution in [0.1, 0.15) is 5.89 Å². The van der Waals surface area contributed by atoms with E-state index in [0.29, 0.717) is 5.69 Å². The van der Waals surface area contributed by atoms with E-state index in [9.17, 15) is 22.8 Å². The summed E-state index contributed by atoms with van der Waals surface area (Å²) in [6, 6.07) is 5.88. The quantitative estimate of drug-likeness (QED) is 0.768. The highest BCUT2D eigenvalue weighted by Crippen LogP contribution is 2.31. The molecule has 8 nitrogen and oxygen atoms in total. The second kappa shape index (κ2) is 6.59. The number of nitrogens with one attached hydrogen (secondary N) is 1. The topological polar surface area (TPSA) is 109 Å². The van der Waals surface area contributed by atoms with Crippen LogP contribution in [0.3, 0.4) is 0 Å². The summed E-state index contributed by atoms with van der Waals surface area (Å²) in [6.07, 6.45) is -3.68. The number of halogens is 3. The first-order valence-corrected chi connectivity index (χ1v) is 7.26. The number of alkyl halides is 3. The fraction of sp³-hybridized carbons (Fsp3) is 0.200. The first-order valence-electron chi connectivity index (χ1n) is 7.26. The van der Waals surface area contributed by atoms with E-state index in [1.807, 2.05) is 0 Å². The van der Waals surface area contributed by atoms with Crippen LogP contribution >= 0.6 is 0 Å². The van der Waals surface area contributed by atoms with E-state index in [1.165, 1.54) is 24.3 Å². The van der Waals surface area contributed by atoms with E-state index in [1.54, 1.807) is 0 Å². The number of amides is 2. The van der Waals surface area contributed by atoms with Crippen molar-refractivity contribution in [3.05, 3.63) is 41.9 Å². The summed E-state index contributed by atoms with van der Waals surface area (Å²) in [5, 5.41) is 17.9. The van der Waals surface area contributed by atoms with Gasteiger partial charge in [-0.15, -0.1) is 10.2 Å². The summed E-state index contributed by atoms with van der Waals surface area (Å²) in [6.45, 7) is -0.506. The van der Waals surface area contributed by atoms with Crippen molar-refractivity contribution in [3.8, 4) is 11.5 Å². The molecule has 0 saturated heterocycles. The highest BCUT2D eigenvalue weighted by molar-refractivity contribution is 6.17. The van der Waals surface area contributed by atoms with Crippen molar-refractivity contribution in [2.45, 2.75) is 6.18 Å². The number of aliphatic hydroxyl groups is 1. The maximum atomic E-state index is 12.5. The predicted molar refractivity (Wildman–Crippen MR) is 80.2 cm³/mol. The van der Waals surface area contributed by atoms with Crippen LogP contribution in [0.4, 0.5) is 18.9 Å². The van der Waals surface area contributed by atoms with Gasteiger partial charge in [-0.3, -0.25) is 14.5 Å². The van der Waals surface area contributed by atoms with Crippen molar-refractivity contribution in [1.82, 2.24) is 15.1 Å². The maximum Gasteiger partial charge on any atom is 0.470 e. The number of aliphatic hydroxyl groups excluding tert-OH is 1. The molecular weight excluding hydrogens is 357 g/mol. The molecule has 0 fully saturated rings. The van der Waals surface area contributed by atoms with Gasteiger partial charge in [0.1, 0.15) is 5.70 Å². The lowest BCUT2D eigenvalue weighted by atomic mass is 10.2. The number of nitrogens with zero attached hydrogens (tertiary/aromatic N) is 3. The maximum absolute atomic E-state index is 12.5. The minimum Gasteiger partial charge on any atom is -0.413 e. The Morgan fingerprint density at radius 1 is 1.23 bits per heavy atom. The molecule has 1 aliphatic rings. The van der Waals surface area contributed by atoms with Crippen molar-refractivity contribution < 1.29 is 32.3 Å². The van der Waals surface area contributed by atoms with Gasteiger partial charge in [0.2, 0.25) is 5.89 Å². The van der Waals surface area contributed by atoms with Crippen molar-refractivity contribution in [1.29, 1.82) is 0 Å². The number of hydrogen-bond acceptors (Lipinski definition) is 7. The van der Waals surface area contributed by atoms with Crippen molar-refractivity contribution in [3.63, 3.8) is 0 Å². The zero-order chi connectivity index (χ0) is 18.9. The molecule has 2 amide bonds. The number of benzene rings is 1. The first-order chi connectivity index (χ1) is 12.3. The van der Waals surface area contributed by atoms with Gasteiger partial charge in [0.15, 0.2) is 0 Å². The molecule has 0 bridgehead atoms. The third-order valence-corrected chi connectivity index (χ3v) is 3.39. The summed E-state index contributed by atoms with van der Waals surface area (Å²) in [5.74, 6) is -3.00. The molecule has 2 N–H and O–H groups in total. The van der Waals surface area contributed by atoms with Gasteiger partial charge < -0.3 is 14.8 Å². The Balaban J connectivity index is 1.80. The second-order valence-electron chi connectivity index (χ2n) is 5.19. The van der Waals surface area contributed by atoms with E-state index >= 15 is 0 Å². The molecular formula is C15H11F3N4O4. The van der Waals surface area contributed by atoms with Crippen molar-refractivity contribution in [2.75, 3.05) is 18.5 Å². The number of anilines is 1. The highest BCUT2D eigenvalue weighted by Gasteiger charge is 2.38. The lowest BCUT2D eigenvalue weighted by molar-refractivity contribution is -0.157. The normalized spacial score (nSPS) is 14.8. The average molecular weight is 368 g/mol. The Kier molecular flexibility index (Phi) is 4.47. The minimum atomic E-state index is -4.75. The van der Waals surface area contributed by atoms with Crippen LogP contribution < -0.4 is 5.32 Å². The predicted octanol–water partition coefficient (Wildman–Crippen LogP) is 1.41. The monoisotopic (exact) mass is 368 g/mol. The molecule has 0 spiro atoms. The lowest BCUT2D eigenvalue weighted by Gasteiger charge is -2.13. The molecule has 26 heavy (non-hydrogen) atoms. The zero-order valence-corrected chi connectivity index (χ0v) is 12.9. The SMILES string of the molecule is O=C1C=C(Nc2cccc(-c3nnc(C(F)(F)F)o3)c2)C(=O)N1CCO. The van der Waals surface area contributed by atoms with Gasteiger partial charge in [0.25, 0.3) is 11.8 Å². The first kappa shape index (κ1) is 17.6. The minimum absolute atomic E-state index is 0.0258. The highest BCUT2D eigenvalue weighted by atomic mass is 19.4. The van der Waals surface area contributed by atoms with E-state index in [4.69, 9.17) is 5.11 Å². The van der Waals surface area contributed by atoms with Crippen LogP contribution in [0.5, 0.6) is 0 Å². The third-order valence-electron chi connectivity index (χ3n) is 3.39. The number of carbonyl (C=O) groups excluding carboxylic acids is 2. The zero-order valence-electron chi connectivity index (χ0n) is 12.9. The molecule has 1 aliphatic heterocycles. The van der Waals surface area contributed by atoms with Crippen LogP contribution in [-0.4, -0.2) is 45.2 Å². The Hall–Kier alpha value is -3.21. The van der Waals surface area contributed by atoms with Gasteiger partial charge in [0.05, 0.1) is 13.2 Å². The summed E-state index contributed by atoms with van der Waals surface area (Å²) >= 11 is 0. The van der Waals surface area contributed by atoms with Crippen LogP contribution in [0.15, 0.2) is 40.5 Å². The number of rotatable bonds is 5. The fourth-order valence-corrected chi connectivity index (χ4v) is 2.25. The number of imide groups is 1. The van der Waals surface area contributed by atoms with E-state index in [0.717, 1.165) is 11.0 Å². The fourth-order valence-electron chi connectivity index (χ4n) is 2.25. The van der Waals surface area contributed by atoms with Crippen LogP contribution in [-0.2, 0) is 15.8 Å². The van der Waals surface area contributed by atoms with Gasteiger partial charge >= 0.3 is 12.1 Å². The van der Waals surface area contributed by atoms with Gasteiger partial charge in [-0.1, -0.05) is 6.07 Å². The summed E-state index contributed by atoms with van der Waals surface area (Å²) in [7, 11) is 0. The molecule has 0 aliphatic carbocycles. The summed E-state index contributed by atoms with van der Waals surface area (Å²) in [5.41, 5.74) is 0.497. The molecule has 2 heterocycles. The van der Waals surface area contributed by atoms with Crippen LogP contribution in [0.2, 0.25) is 0 Å².